The Balaban J connectivity index is 1.92. The fourth-order valence-corrected chi connectivity index (χ4v) is 3.79. The first-order chi connectivity index (χ1) is 9.08. The Morgan fingerprint density at radius 1 is 1.16 bits per heavy atom. The minimum absolute atomic E-state index is 0.462. The molecule has 2 fully saturated rings. The fourth-order valence-electron chi connectivity index (χ4n) is 3.79. The highest BCUT2D eigenvalue weighted by atomic mass is 15.2. The van der Waals surface area contributed by atoms with Gasteiger partial charge < -0.3 is 5.32 Å². The van der Waals surface area contributed by atoms with E-state index in [2.05, 4.69) is 37.9 Å². The van der Waals surface area contributed by atoms with Crippen LogP contribution in [0.5, 0.6) is 0 Å². The monoisotopic (exact) mass is 266 g/mol. The van der Waals surface area contributed by atoms with Crippen LogP contribution in [0.2, 0.25) is 0 Å². The quantitative estimate of drug-likeness (QED) is 0.719. The van der Waals surface area contributed by atoms with E-state index < -0.39 is 0 Å². The van der Waals surface area contributed by atoms with Gasteiger partial charge in [-0.15, -0.1) is 0 Å². The van der Waals surface area contributed by atoms with Crippen LogP contribution >= 0.6 is 0 Å². The molecule has 2 heteroatoms. The Hall–Kier alpha value is -0.0800. The highest BCUT2D eigenvalue weighted by molar-refractivity contribution is 4.92. The minimum Gasteiger partial charge on any atom is -0.313 e. The van der Waals surface area contributed by atoms with Gasteiger partial charge >= 0.3 is 0 Å². The lowest BCUT2D eigenvalue weighted by Gasteiger charge is -2.38. The van der Waals surface area contributed by atoms with Gasteiger partial charge in [-0.3, -0.25) is 4.90 Å². The second-order valence-electron chi connectivity index (χ2n) is 7.38. The molecule has 0 radical (unpaired) electrons. The van der Waals surface area contributed by atoms with E-state index in [1.807, 2.05) is 0 Å². The molecule has 2 aliphatic rings. The topological polar surface area (TPSA) is 15.3 Å². The van der Waals surface area contributed by atoms with Crippen molar-refractivity contribution >= 4 is 0 Å². The summed E-state index contributed by atoms with van der Waals surface area (Å²) in [5, 5.41) is 3.78. The molecular weight excluding hydrogens is 232 g/mol. The summed E-state index contributed by atoms with van der Waals surface area (Å²) in [6, 6.07) is 2.48. The van der Waals surface area contributed by atoms with Gasteiger partial charge in [-0.25, -0.2) is 0 Å². The van der Waals surface area contributed by atoms with Crippen molar-refractivity contribution in [2.75, 3.05) is 13.1 Å². The Kier molecular flexibility index (Phi) is 5.30. The molecule has 0 aromatic carbocycles. The van der Waals surface area contributed by atoms with Gasteiger partial charge in [0.25, 0.3) is 0 Å². The van der Waals surface area contributed by atoms with Crippen molar-refractivity contribution in [3.63, 3.8) is 0 Å². The van der Waals surface area contributed by atoms with Gasteiger partial charge in [-0.1, -0.05) is 27.2 Å². The van der Waals surface area contributed by atoms with E-state index in [1.165, 1.54) is 58.0 Å². The Bertz CT molecular complexity index is 274. The minimum atomic E-state index is 0.462. The first kappa shape index (κ1) is 15.3. The molecule has 0 aromatic rings. The lowest BCUT2D eigenvalue weighted by molar-refractivity contribution is 0.108. The van der Waals surface area contributed by atoms with Crippen LogP contribution in [0.4, 0.5) is 0 Å². The molecule has 19 heavy (non-hydrogen) atoms. The van der Waals surface area contributed by atoms with Crippen LogP contribution in [0, 0.1) is 5.41 Å². The zero-order valence-corrected chi connectivity index (χ0v) is 13.5. The molecule has 1 saturated heterocycles. The van der Waals surface area contributed by atoms with Gasteiger partial charge in [0.05, 0.1) is 0 Å². The molecule has 1 aliphatic carbocycles. The van der Waals surface area contributed by atoms with Gasteiger partial charge in [-0.2, -0.15) is 0 Å². The third-order valence-corrected chi connectivity index (χ3v) is 5.24. The maximum absolute atomic E-state index is 3.78. The summed E-state index contributed by atoms with van der Waals surface area (Å²) >= 11 is 0. The van der Waals surface area contributed by atoms with Crippen molar-refractivity contribution in [2.45, 2.75) is 90.8 Å². The van der Waals surface area contributed by atoms with Gasteiger partial charge in [0.2, 0.25) is 0 Å². The summed E-state index contributed by atoms with van der Waals surface area (Å²) in [6.45, 7) is 12.1. The van der Waals surface area contributed by atoms with Crippen LogP contribution < -0.4 is 5.32 Å². The fraction of sp³-hybridized carbons (Fsp3) is 1.00. The summed E-state index contributed by atoms with van der Waals surface area (Å²) in [4.78, 5) is 2.81. The van der Waals surface area contributed by atoms with Crippen LogP contribution in [-0.4, -0.2) is 36.1 Å². The molecule has 0 bridgehead atoms. The smallest absolute Gasteiger partial charge is 0.00962 e. The Morgan fingerprint density at radius 2 is 1.89 bits per heavy atom. The van der Waals surface area contributed by atoms with E-state index in [1.54, 1.807) is 0 Å². The predicted octanol–water partition coefficient (Wildman–Crippen LogP) is 3.81. The van der Waals surface area contributed by atoms with E-state index >= 15 is 0 Å². The second kappa shape index (κ2) is 6.58. The van der Waals surface area contributed by atoms with Crippen LogP contribution in [-0.2, 0) is 0 Å². The summed E-state index contributed by atoms with van der Waals surface area (Å²) in [5.74, 6) is 0. The maximum atomic E-state index is 3.78. The lowest BCUT2D eigenvalue weighted by atomic mass is 9.84. The number of nitrogens with one attached hydrogen (secondary N) is 1. The SMILES string of the molecule is CCCC(C)(CNC1CC1)CN1C(C)CCC1CC. The molecule has 112 valence electrons. The molecule has 3 atom stereocenters. The normalized spacial score (nSPS) is 31.6. The molecule has 0 amide bonds. The highest BCUT2D eigenvalue weighted by Crippen LogP contribution is 2.33. The average Bonchev–Trinajstić information content (AvgIpc) is 3.14. The van der Waals surface area contributed by atoms with E-state index in [0.717, 1.165) is 18.1 Å². The van der Waals surface area contributed by atoms with Crippen molar-refractivity contribution in [1.82, 2.24) is 10.2 Å². The first-order valence-corrected chi connectivity index (χ1v) is 8.57. The Labute approximate surface area is 120 Å². The summed E-state index contributed by atoms with van der Waals surface area (Å²) in [7, 11) is 0. The number of nitrogens with zero attached hydrogens (tertiary/aromatic N) is 1. The molecule has 0 spiro atoms. The number of hydrogen-bond acceptors (Lipinski definition) is 2. The first-order valence-electron chi connectivity index (χ1n) is 8.57. The number of hydrogen-bond donors (Lipinski definition) is 1. The summed E-state index contributed by atoms with van der Waals surface area (Å²) in [6.07, 6.45) is 9.60. The predicted molar refractivity (Wildman–Crippen MR) is 83.5 cm³/mol. The summed E-state index contributed by atoms with van der Waals surface area (Å²) < 4.78 is 0. The van der Waals surface area contributed by atoms with Gasteiger partial charge in [0.15, 0.2) is 0 Å². The molecule has 1 aliphatic heterocycles. The molecule has 2 rings (SSSR count). The molecule has 1 N–H and O–H groups in total. The van der Waals surface area contributed by atoms with Crippen molar-refractivity contribution in [3.05, 3.63) is 0 Å². The molecule has 3 unspecified atom stereocenters. The maximum Gasteiger partial charge on any atom is 0.00962 e. The van der Waals surface area contributed by atoms with Crippen LogP contribution in [0.25, 0.3) is 0 Å². The molecule has 1 saturated carbocycles. The Morgan fingerprint density at radius 3 is 2.47 bits per heavy atom. The second-order valence-corrected chi connectivity index (χ2v) is 7.38. The van der Waals surface area contributed by atoms with E-state index in [4.69, 9.17) is 0 Å². The van der Waals surface area contributed by atoms with Crippen LogP contribution in [0.3, 0.4) is 0 Å². The number of likely N-dealkylation sites (tertiary alicyclic amines) is 1. The third-order valence-electron chi connectivity index (χ3n) is 5.24. The summed E-state index contributed by atoms with van der Waals surface area (Å²) in [5.41, 5.74) is 0.462. The standard InChI is InChI=1S/C17H34N2/c1-5-11-17(4,12-18-15-8-9-15)13-19-14(3)7-10-16(19)6-2/h14-16,18H,5-13H2,1-4H3. The number of rotatable bonds is 8. The zero-order chi connectivity index (χ0) is 13.9. The van der Waals surface area contributed by atoms with E-state index in [-0.39, 0.29) is 0 Å². The van der Waals surface area contributed by atoms with E-state index in [0.29, 0.717) is 5.41 Å². The lowest BCUT2D eigenvalue weighted by Crippen LogP contribution is -2.46. The van der Waals surface area contributed by atoms with Crippen molar-refractivity contribution < 1.29 is 0 Å². The van der Waals surface area contributed by atoms with Gasteiger partial charge in [0.1, 0.15) is 0 Å². The molecular formula is C17H34N2. The van der Waals surface area contributed by atoms with Crippen molar-refractivity contribution in [2.24, 2.45) is 5.41 Å². The molecule has 2 nitrogen and oxygen atoms in total. The van der Waals surface area contributed by atoms with Crippen LogP contribution in [0.1, 0.15) is 72.6 Å². The van der Waals surface area contributed by atoms with E-state index in [9.17, 15) is 0 Å². The zero-order valence-electron chi connectivity index (χ0n) is 13.5. The van der Waals surface area contributed by atoms with Crippen LogP contribution in [0.15, 0.2) is 0 Å². The van der Waals surface area contributed by atoms with Crippen molar-refractivity contribution in [1.29, 1.82) is 0 Å². The molecule has 0 aromatic heterocycles. The average molecular weight is 266 g/mol. The molecule has 1 heterocycles. The van der Waals surface area contributed by atoms with Crippen molar-refractivity contribution in [3.8, 4) is 0 Å². The van der Waals surface area contributed by atoms with Gasteiger partial charge in [-0.05, 0) is 50.9 Å². The highest BCUT2D eigenvalue weighted by Gasteiger charge is 2.36. The third kappa shape index (κ3) is 4.19. The largest absolute Gasteiger partial charge is 0.313 e. The van der Waals surface area contributed by atoms with Gasteiger partial charge in [0, 0.05) is 31.2 Å².